The molecule has 0 spiro atoms. The summed E-state index contributed by atoms with van der Waals surface area (Å²) in [6.07, 6.45) is 0.378. The number of amides is 1. The highest BCUT2D eigenvalue weighted by molar-refractivity contribution is 7.23. The molecule has 5 nitrogen and oxygen atoms in total. The van der Waals surface area contributed by atoms with Crippen molar-refractivity contribution in [1.82, 2.24) is 4.98 Å². The topological polar surface area (TPSA) is 91.8 Å². The van der Waals surface area contributed by atoms with E-state index in [1.54, 1.807) is 0 Å². The Morgan fingerprint density at radius 3 is 2.72 bits per heavy atom. The number of aryl methyl sites for hydroxylation is 2. The van der Waals surface area contributed by atoms with Gasteiger partial charge in [0.25, 0.3) is 0 Å². The van der Waals surface area contributed by atoms with E-state index < -0.39 is 0 Å². The number of fused-ring (bicyclic) bond motifs is 3. The van der Waals surface area contributed by atoms with Crippen molar-refractivity contribution in [2.75, 3.05) is 11.1 Å². The van der Waals surface area contributed by atoms with Gasteiger partial charge in [0, 0.05) is 17.9 Å². The molecule has 0 unspecified atom stereocenters. The van der Waals surface area contributed by atoms with E-state index in [2.05, 4.69) is 40.6 Å². The lowest BCUT2D eigenvalue weighted by Gasteiger charge is -2.23. The zero-order valence-electron chi connectivity index (χ0n) is 13.9. The summed E-state index contributed by atoms with van der Waals surface area (Å²) >= 11 is 1.47. The molecule has 3 heterocycles. The van der Waals surface area contributed by atoms with Crippen LogP contribution in [0.25, 0.3) is 10.2 Å². The minimum absolute atomic E-state index is 0.00392. The molecule has 1 aliphatic rings. The van der Waals surface area contributed by atoms with E-state index in [9.17, 15) is 10.1 Å². The largest absolute Gasteiger partial charge is 0.383 e. The first-order valence-corrected chi connectivity index (χ1v) is 8.80. The van der Waals surface area contributed by atoms with Crippen LogP contribution in [0, 0.1) is 25.2 Å². The monoisotopic (exact) mass is 348 g/mol. The zero-order chi connectivity index (χ0) is 17.7. The van der Waals surface area contributed by atoms with Crippen molar-refractivity contribution in [2.45, 2.75) is 26.2 Å². The fourth-order valence-electron chi connectivity index (χ4n) is 3.39. The van der Waals surface area contributed by atoms with Gasteiger partial charge in [-0.25, -0.2) is 4.98 Å². The van der Waals surface area contributed by atoms with Gasteiger partial charge in [-0.1, -0.05) is 29.8 Å². The van der Waals surface area contributed by atoms with Crippen LogP contribution in [0.2, 0.25) is 0 Å². The van der Waals surface area contributed by atoms with Gasteiger partial charge in [-0.3, -0.25) is 4.79 Å². The highest BCUT2D eigenvalue weighted by Crippen LogP contribution is 2.47. The fourth-order valence-corrected chi connectivity index (χ4v) is 4.61. The summed E-state index contributed by atoms with van der Waals surface area (Å²) in [5.74, 6) is 0.181. The van der Waals surface area contributed by atoms with Crippen molar-refractivity contribution >= 4 is 38.3 Å². The molecule has 0 fully saturated rings. The van der Waals surface area contributed by atoms with Crippen LogP contribution in [0.15, 0.2) is 24.3 Å². The molecule has 1 aliphatic heterocycles. The second kappa shape index (κ2) is 5.57. The molecule has 4 rings (SSSR count). The molecule has 3 aromatic rings. The molecule has 1 amide bonds. The van der Waals surface area contributed by atoms with Crippen molar-refractivity contribution in [1.29, 1.82) is 5.26 Å². The van der Waals surface area contributed by atoms with Crippen LogP contribution < -0.4 is 11.1 Å². The van der Waals surface area contributed by atoms with E-state index in [1.165, 1.54) is 16.9 Å². The molecule has 25 heavy (non-hydrogen) atoms. The maximum absolute atomic E-state index is 12.2. The first-order valence-electron chi connectivity index (χ1n) is 7.98. The van der Waals surface area contributed by atoms with E-state index in [4.69, 9.17) is 5.73 Å². The smallest absolute Gasteiger partial charge is 0.225 e. The third-order valence-corrected chi connectivity index (χ3v) is 5.94. The van der Waals surface area contributed by atoms with Gasteiger partial charge in [-0.15, -0.1) is 11.3 Å². The molecular weight excluding hydrogens is 332 g/mol. The Labute approximate surface area is 149 Å². The van der Waals surface area contributed by atoms with Crippen molar-refractivity contribution < 1.29 is 4.79 Å². The van der Waals surface area contributed by atoms with Crippen LogP contribution in [0.5, 0.6) is 0 Å². The fraction of sp³-hybridized carbons (Fsp3) is 0.211. The highest BCUT2D eigenvalue weighted by Gasteiger charge is 2.32. The Morgan fingerprint density at radius 1 is 1.32 bits per heavy atom. The molecule has 0 saturated heterocycles. The summed E-state index contributed by atoms with van der Waals surface area (Å²) in [5, 5.41) is 13.1. The summed E-state index contributed by atoms with van der Waals surface area (Å²) in [4.78, 5) is 16.7. The summed E-state index contributed by atoms with van der Waals surface area (Å²) in [6, 6.07) is 10.4. The molecule has 0 saturated carbocycles. The standard InChI is InChI=1S/C19H16N4OS/c1-9-3-5-11(6-4-9)12-7-14(24)22-19-15(12)16-17(25-19)10(2)13(8-20)18(21)23-16/h3-6,12H,7H2,1-2H3,(H2,21,23)(H,22,24)/t12-/m1/s1. The van der Waals surface area contributed by atoms with Crippen molar-refractivity contribution in [3.63, 3.8) is 0 Å². The van der Waals surface area contributed by atoms with Crippen LogP contribution >= 0.6 is 11.3 Å². The Hall–Kier alpha value is -2.91. The molecule has 3 N–H and O–H groups in total. The van der Waals surface area contributed by atoms with E-state index in [-0.39, 0.29) is 17.6 Å². The van der Waals surface area contributed by atoms with Crippen LogP contribution in [0.1, 0.15) is 40.2 Å². The number of nitriles is 1. The number of nitrogen functional groups attached to an aromatic ring is 1. The minimum Gasteiger partial charge on any atom is -0.383 e. The van der Waals surface area contributed by atoms with Gasteiger partial charge in [-0.2, -0.15) is 5.26 Å². The lowest BCUT2D eigenvalue weighted by molar-refractivity contribution is -0.116. The molecule has 0 radical (unpaired) electrons. The van der Waals surface area contributed by atoms with E-state index in [1.807, 2.05) is 13.8 Å². The predicted molar refractivity (Wildman–Crippen MR) is 99.8 cm³/mol. The van der Waals surface area contributed by atoms with Crippen LogP contribution in [0.3, 0.4) is 0 Å². The summed E-state index contributed by atoms with van der Waals surface area (Å²) < 4.78 is 0.912. The van der Waals surface area contributed by atoms with Crippen molar-refractivity contribution in [2.24, 2.45) is 0 Å². The number of hydrogen-bond acceptors (Lipinski definition) is 5. The van der Waals surface area contributed by atoms with E-state index >= 15 is 0 Å². The van der Waals surface area contributed by atoms with Gasteiger partial charge in [-0.05, 0) is 25.0 Å². The molecule has 1 atom stereocenters. The second-order valence-corrected chi connectivity index (χ2v) is 7.37. The third kappa shape index (κ3) is 2.36. The molecule has 6 heteroatoms. The summed E-state index contributed by atoms with van der Waals surface area (Å²) in [5.41, 5.74) is 11.3. The number of hydrogen-bond donors (Lipinski definition) is 2. The first kappa shape index (κ1) is 15.6. The Morgan fingerprint density at radius 2 is 2.04 bits per heavy atom. The molecule has 124 valence electrons. The van der Waals surface area contributed by atoms with Crippen LogP contribution in [0.4, 0.5) is 10.8 Å². The number of nitrogens with zero attached hydrogens (tertiary/aromatic N) is 2. The molecule has 2 aromatic heterocycles. The normalized spacial score (nSPS) is 16.4. The van der Waals surface area contributed by atoms with Gasteiger partial charge < -0.3 is 11.1 Å². The lowest BCUT2D eigenvalue weighted by Crippen LogP contribution is -2.22. The van der Waals surface area contributed by atoms with Crippen LogP contribution in [-0.2, 0) is 4.79 Å². The Balaban J connectivity index is 2.00. The Kier molecular flexibility index (Phi) is 3.48. The van der Waals surface area contributed by atoms with E-state index in [0.717, 1.165) is 31.9 Å². The number of nitrogens with one attached hydrogen (secondary N) is 1. The maximum Gasteiger partial charge on any atom is 0.225 e. The number of pyridine rings is 1. The molecular formula is C19H16N4OS. The van der Waals surface area contributed by atoms with E-state index in [0.29, 0.717) is 12.0 Å². The number of rotatable bonds is 1. The average molecular weight is 348 g/mol. The Bertz CT molecular complexity index is 1060. The lowest BCUT2D eigenvalue weighted by atomic mass is 9.86. The molecule has 1 aromatic carbocycles. The number of carbonyl (C=O) groups excluding carboxylic acids is 1. The first-order chi connectivity index (χ1) is 12.0. The van der Waals surface area contributed by atoms with Crippen LogP contribution in [-0.4, -0.2) is 10.9 Å². The van der Waals surface area contributed by atoms with Crippen molar-refractivity contribution in [3.8, 4) is 6.07 Å². The highest BCUT2D eigenvalue weighted by atomic mass is 32.1. The van der Waals surface area contributed by atoms with Gasteiger partial charge in [0.1, 0.15) is 16.9 Å². The zero-order valence-corrected chi connectivity index (χ0v) is 14.7. The quantitative estimate of drug-likeness (QED) is 0.699. The number of benzene rings is 1. The maximum atomic E-state index is 12.2. The number of thiophene rings is 1. The van der Waals surface area contributed by atoms with Crippen molar-refractivity contribution in [3.05, 3.63) is 52.1 Å². The number of nitrogens with two attached hydrogens (primary N) is 1. The summed E-state index contributed by atoms with van der Waals surface area (Å²) in [6.45, 7) is 3.92. The minimum atomic E-state index is -0.0580. The average Bonchev–Trinajstić information content (AvgIpc) is 2.93. The molecule has 0 aliphatic carbocycles. The third-order valence-electron chi connectivity index (χ3n) is 4.71. The summed E-state index contributed by atoms with van der Waals surface area (Å²) in [7, 11) is 0. The number of aromatic nitrogens is 1. The molecule has 0 bridgehead atoms. The number of anilines is 2. The van der Waals surface area contributed by atoms with Gasteiger partial charge in [0.2, 0.25) is 5.91 Å². The predicted octanol–water partition coefficient (Wildman–Crippen LogP) is 3.84. The van der Waals surface area contributed by atoms with Gasteiger partial charge in [0.15, 0.2) is 0 Å². The van der Waals surface area contributed by atoms with Gasteiger partial charge in [0.05, 0.1) is 15.8 Å². The second-order valence-electron chi connectivity index (χ2n) is 6.35. The van der Waals surface area contributed by atoms with Gasteiger partial charge >= 0.3 is 0 Å². The number of carbonyl (C=O) groups is 1. The SMILES string of the molecule is Cc1ccc([C@H]2CC(=O)Nc3sc4c(C)c(C#N)c(N)nc4c32)cc1.